The summed E-state index contributed by atoms with van der Waals surface area (Å²) in [6.07, 6.45) is -3.17. The van der Waals surface area contributed by atoms with Crippen molar-refractivity contribution in [2.24, 2.45) is 0 Å². The fourth-order valence-corrected chi connectivity index (χ4v) is 2.42. The Balaban J connectivity index is 2.74. The Bertz CT molecular complexity index is 971. The van der Waals surface area contributed by atoms with Gasteiger partial charge >= 0.3 is 0 Å². The number of nitrogens with zero attached hydrogens (tertiary/aromatic N) is 1. The molecule has 0 fully saturated rings. The average Bonchev–Trinajstić information content (AvgIpc) is 2.77. The first-order chi connectivity index (χ1) is 12.1. The van der Waals surface area contributed by atoms with Crippen LogP contribution in [0.4, 0.5) is 0 Å². The van der Waals surface area contributed by atoms with E-state index in [9.17, 15) is 8.42 Å². The second kappa shape index (κ2) is 5.95. The van der Waals surface area contributed by atoms with Gasteiger partial charge in [0.05, 0.1) is 7.12 Å². The van der Waals surface area contributed by atoms with Crippen LogP contribution in [0, 0.1) is 0 Å². The molecule has 0 spiro atoms. The van der Waals surface area contributed by atoms with E-state index in [0.717, 1.165) is 11.9 Å². The molecule has 0 aliphatic heterocycles. The molecule has 0 aliphatic rings. The van der Waals surface area contributed by atoms with Crippen molar-refractivity contribution in [2.45, 2.75) is 12.1 Å². The standard InChI is InChI=1S/C14H21N3O2S/c1-15-20(18,19)10-11-4-5-14-13(8-11)12(9-16-14)6-7-17(2)3/h4-5,8-9,15-16H,6-7,10H2,1-3H3/i6D2,7D2,9D/hD2. The lowest BCUT2D eigenvalue weighted by Crippen LogP contribution is -2.20. The maximum Gasteiger partial charge on any atom is 0.215 e. The third kappa shape index (κ3) is 3.59. The van der Waals surface area contributed by atoms with Crippen LogP contribution in [0.2, 0.25) is 2.82 Å². The molecule has 0 bridgehead atoms. The molecule has 0 unspecified atom stereocenters. The van der Waals surface area contributed by atoms with Crippen LogP contribution < -0.4 is 4.72 Å². The van der Waals surface area contributed by atoms with Gasteiger partial charge in [-0.1, -0.05) is 6.07 Å². The highest BCUT2D eigenvalue weighted by Crippen LogP contribution is 2.21. The highest BCUT2D eigenvalue weighted by Gasteiger charge is 2.11. The molecule has 0 atom stereocenters. The van der Waals surface area contributed by atoms with Gasteiger partial charge in [0.2, 0.25) is 10.0 Å². The van der Waals surface area contributed by atoms with Gasteiger partial charge in [-0.2, -0.15) is 0 Å². The summed E-state index contributed by atoms with van der Waals surface area (Å²) in [6, 6.07) is 4.14. The Kier molecular flexibility index (Phi) is 2.43. The van der Waals surface area contributed by atoms with E-state index in [1.54, 1.807) is 0 Å². The van der Waals surface area contributed by atoms with Gasteiger partial charge < -0.3 is 9.88 Å². The number of benzene rings is 1. The van der Waals surface area contributed by atoms with E-state index in [1.165, 1.54) is 32.3 Å². The number of rotatable bonds is 6. The number of hydrogen-bond acceptors (Lipinski definition) is 3. The number of sulfonamides is 1. The Hall–Kier alpha value is -1.37. The molecule has 6 heteroatoms. The van der Waals surface area contributed by atoms with Crippen molar-refractivity contribution in [3.63, 3.8) is 0 Å². The number of aromatic nitrogens is 1. The summed E-state index contributed by atoms with van der Waals surface area (Å²) >= 11 is 0. The van der Waals surface area contributed by atoms with Crippen molar-refractivity contribution in [3.8, 4) is 0 Å². The highest BCUT2D eigenvalue weighted by molar-refractivity contribution is 7.88. The van der Waals surface area contributed by atoms with Crippen LogP contribution in [0.1, 0.15) is 18.0 Å². The van der Waals surface area contributed by atoms with Gasteiger partial charge in [0, 0.05) is 29.1 Å². The number of likely N-dealkylation sites (N-methyl/N-ethyl adjacent to an activating group) is 1. The van der Waals surface area contributed by atoms with Gasteiger partial charge in [0.1, 0.15) is 1.41 Å². The van der Waals surface area contributed by atoms with Crippen molar-refractivity contribution < 1.29 is 18.1 Å². The molecule has 2 N–H and O–H groups in total. The third-order valence-electron chi connectivity index (χ3n) is 2.65. The van der Waals surface area contributed by atoms with Gasteiger partial charge in [-0.25, -0.2) is 13.1 Å². The van der Waals surface area contributed by atoms with Crippen molar-refractivity contribution in [1.29, 1.82) is 0 Å². The molecule has 1 heterocycles. The zero-order chi connectivity index (χ0) is 20.9. The Morgan fingerprint density at radius 2 is 2.30 bits per heavy atom. The summed E-state index contributed by atoms with van der Waals surface area (Å²) in [4.78, 5) is 1.73. The van der Waals surface area contributed by atoms with Crippen molar-refractivity contribution in [2.75, 3.05) is 27.6 Å². The molecule has 0 aliphatic carbocycles. The van der Waals surface area contributed by atoms with Crippen LogP contribution in [-0.2, 0) is 22.1 Å². The molecular formula is C14H21N3O2S. The van der Waals surface area contributed by atoms with E-state index in [1.807, 2.05) is 0 Å². The number of nitrogens with one attached hydrogen (secondary N) is 2. The molecule has 20 heavy (non-hydrogen) atoms. The first kappa shape index (κ1) is 8.17. The van der Waals surface area contributed by atoms with Crippen LogP contribution in [-0.4, -0.2) is 45.9 Å². The lowest BCUT2D eigenvalue weighted by molar-refractivity contribution is 0.414. The van der Waals surface area contributed by atoms with Crippen LogP contribution >= 0.6 is 0 Å². The topological polar surface area (TPSA) is 65.2 Å². The molecule has 0 saturated carbocycles. The van der Waals surface area contributed by atoms with Gasteiger partial charge in [-0.05, 0) is 50.8 Å². The van der Waals surface area contributed by atoms with E-state index >= 15 is 0 Å². The van der Waals surface area contributed by atoms with E-state index in [4.69, 9.17) is 9.68 Å². The number of H-pyrrole nitrogens is 1. The quantitative estimate of drug-likeness (QED) is 0.846. The summed E-state index contributed by atoms with van der Waals surface area (Å²) in [7, 11) is -0.0859. The summed E-state index contributed by atoms with van der Waals surface area (Å²) < 4.78 is 80.5. The predicted molar refractivity (Wildman–Crippen MR) is 82.2 cm³/mol. The fraction of sp³-hybridized carbons (Fsp3) is 0.429. The summed E-state index contributed by atoms with van der Waals surface area (Å²) in [5.41, 5.74) is 0.0770. The molecule has 0 saturated heterocycles. The molecule has 2 aromatic rings. The van der Waals surface area contributed by atoms with E-state index < -0.39 is 34.8 Å². The van der Waals surface area contributed by atoms with Crippen molar-refractivity contribution >= 4 is 20.9 Å². The van der Waals surface area contributed by atoms with Gasteiger partial charge in [-0.15, -0.1) is 0 Å². The minimum absolute atomic E-state index is 0.0889. The molecular weight excluding hydrogens is 274 g/mol. The first-order valence-corrected chi connectivity index (χ1v) is 7.52. The zero-order valence-corrected chi connectivity index (χ0v) is 12.3. The third-order valence-corrected chi connectivity index (χ3v) is 3.90. The SMILES string of the molecule is [2H]c1c(C([2H])([2H])C([2H])([2H])N(C)C)c2cc(CS(=O)(=O)N([2H])C)ccc2n1[2H]. The van der Waals surface area contributed by atoms with Crippen LogP contribution in [0.25, 0.3) is 10.9 Å². The molecule has 0 amide bonds. The first-order valence-electron chi connectivity index (χ1n) is 9.30. The van der Waals surface area contributed by atoms with E-state index in [2.05, 4.69) is 0 Å². The number of aromatic amines is 1. The number of fused-ring (bicyclic) bond motifs is 1. The predicted octanol–water partition coefficient (Wildman–Crippen LogP) is 1.32. The minimum atomic E-state index is -3.89. The molecule has 1 aromatic carbocycles. The Morgan fingerprint density at radius 3 is 2.95 bits per heavy atom. The summed E-state index contributed by atoms with van der Waals surface area (Å²) in [5.74, 6) is -0.511. The minimum Gasteiger partial charge on any atom is -0.361 e. The van der Waals surface area contributed by atoms with Crippen molar-refractivity contribution in [3.05, 3.63) is 35.5 Å². The second-order valence-electron chi connectivity index (χ2n) is 4.49. The molecule has 0 radical (unpaired) electrons. The zero-order valence-electron chi connectivity index (χ0n) is 18.5. The molecule has 110 valence electrons. The normalized spacial score (nSPS) is 19.1. The van der Waals surface area contributed by atoms with Crippen molar-refractivity contribution in [1.82, 2.24) is 14.6 Å². The largest absolute Gasteiger partial charge is 0.361 e. The smallest absolute Gasteiger partial charge is 0.215 e. The Morgan fingerprint density at radius 1 is 1.55 bits per heavy atom. The molecule has 1 aromatic heterocycles. The second-order valence-corrected chi connectivity index (χ2v) is 6.31. The molecule has 5 nitrogen and oxygen atoms in total. The fourth-order valence-electron chi connectivity index (χ4n) is 1.69. The lowest BCUT2D eigenvalue weighted by Gasteiger charge is -2.08. The monoisotopic (exact) mass is 302 g/mol. The van der Waals surface area contributed by atoms with E-state index in [-0.39, 0.29) is 22.0 Å². The average molecular weight is 302 g/mol. The Labute approximate surface area is 130 Å². The summed E-state index contributed by atoms with van der Waals surface area (Å²) in [6.45, 7) is -2.49. The molecule has 2 rings (SSSR count). The highest BCUT2D eigenvalue weighted by atomic mass is 32.2. The number of hydrogen-bond donors (Lipinski definition) is 2. The van der Waals surface area contributed by atoms with Gasteiger partial charge in [0.15, 0.2) is 1.41 Å². The van der Waals surface area contributed by atoms with Gasteiger partial charge in [-0.3, -0.25) is 0 Å². The van der Waals surface area contributed by atoms with Crippen LogP contribution in [0.15, 0.2) is 24.4 Å². The van der Waals surface area contributed by atoms with Crippen LogP contribution in [0.3, 0.4) is 0 Å². The van der Waals surface area contributed by atoms with E-state index in [0.29, 0.717) is 9.69 Å². The summed E-state index contributed by atoms with van der Waals surface area (Å²) in [5, 5.41) is 0.0889. The lowest BCUT2D eigenvalue weighted by atomic mass is 10.1. The maximum absolute atomic E-state index is 12.0. The van der Waals surface area contributed by atoms with Crippen LogP contribution in [0.5, 0.6) is 0 Å². The van der Waals surface area contributed by atoms with Gasteiger partial charge in [0.25, 0.3) is 0 Å². The number of aryl methyl sites for hydroxylation is 1. The maximum atomic E-state index is 12.0.